The van der Waals surface area contributed by atoms with Crippen LogP contribution in [0.25, 0.3) is 0 Å². The van der Waals surface area contributed by atoms with Crippen LogP contribution in [0.15, 0.2) is 36.4 Å². The van der Waals surface area contributed by atoms with Crippen molar-refractivity contribution in [2.45, 2.75) is 38.6 Å². The van der Waals surface area contributed by atoms with E-state index >= 15 is 0 Å². The van der Waals surface area contributed by atoms with Crippen molar-refractivity contribution in [1.29, 1.82) is 0 Å². The Bertz CT molecular complexity index is 862. The van der Waals surface area contributed by atoms with Crippen LogP contribution < -0.4 is 19.5 Å². The van der Waals surface area contributed by atoms with E-state index in [2.05, 4.69) is 29.3 Å². The standard InChI is InChI=1S/C25H34N2O4/c1-5-15-27(19-12-13-20-18(17-19)8-6-9-21(20)29-2)16-14-26-25(28)24-22(30-3)10-7-11-23(24)31-4/h6-11,19H,5,12-17H2,1-4H3,(H,26,28). The molecule has 1 aliphatic rings. The third-order valence-corrected chi connectivity index (χ3v) is 6.00. The summed E-state index contributed by atoms with van der Waals surface area (Å²) in [7, 11) is 4.86. The second-order valence-electron chi connectivity index (χ2n) is 7.82. The molecular formula is C25H34N2O4. The first-order chi connectivity index (χ1) is 15.1. The Balaban J connectivity index is 1.64. The molecule has 1 amide bonds. The number of carbonyl (C=O) groups is 1. The molecule has 0 radical (unpaired) electrons. The SMILES string of the molecule is CCCN(CCNC(=O)c1c(OC)cccc1OC)C1CCc2c(cccc2OC)C1. The summed E-state index contributed by atoms with van der Waals surface area (Å²) in [6.07, 6.45) is 4.22. The Morgan fingerprint density at radius 1 is 1.00 bits per heavy atom. The monoisotopic (exact) mass is 426 g/mol. The molecule has 1 atom stereocenters. The van der Waals surface area contributed by atoms with Crippen LogP contribution in [0.1, 0.15) is 41.3 Å². The van der Waals surface area contributed by atoms with Crippen molar-refractivity contribution in [2.24, 2.45) is 0 Å². The quantitative estimate of drug-likeness (QED) is 0.628. The van der Waals surface area contributed by atoms with E-state index in [1.165, 1.54) is 11.1 Å². The lowest BCUT2D eigenvalue weighted by atomic mass is 9.86. The van der Waals surface area contributed by atoms with Crippen molar-refractivity contribution in [3.63, 3.8) is 0 Å². The average Bonchev–Trinajstić information content (AvgIpc) is 2.81. The number of hydrogen-bond donors (Lipinski definition) is 1. The third-order valence-electron chi connectivity index (χ3n) is 6.00. The molecule has 2 aromatic carbocycles. The van der Waals surface area contributed by atoms with Gasteiger partial charge < -0.3 is 19.5 Å². The number of benzene rings is 2. The van der Waals surface area contributed by atoms with E-state index < -0.39 is 0 Å². The maximum Gasteiger partial charge on any atom is 0.258 e. The molecule has 0 aromatic heterocycles. The molecule has 6 nitrogen and oxygen atoms in total. The van der Waals surface area contributed by atoms with Gasteiger partial charge in [-0.15, -0.1) is 0 Å². The number of nitrogens with zero attached hydrogens (tertiary/aromatic N) is 1. The maximum absolute atomic E-state index is 12.9. The number of hydrogen-bond acceptors (Lipinski definition) is 5. The summed E-state index contributed by atoms with van der Waals surface area (Å²) in [6, 6.07) is 12.2. The fourth-order valence-electron chi connectivity index (χ4n) is 4.50. The van der Waals surface area contributed by atoms with Gasteiger partial charge in [0.05, 0.1) is 21.3 Å². The second-order valence-corrected chi connectivity index (χ2v) is 7.82. The Morgan fingerprint density at radius 3 is 2.29 bits per heavy atom. The highest BCUT2D eigenvalue weighted by Gasteiger charge is 2.26. The van der Waals surface area contributed by atoms with Gasteiger partial charge in [0.2, 0.25) is 0 Å². The van der Waals surface area contributed by atoms with Gasteiger partial charge in [-0.25, -0.2) is 0 Å². The molecule has 31 heavy (non-hydrogen) atoms. The Labute approximate surface area is 185 Å². The first kappa shape index (κ1) is 22.9. The lowest BCUT2D eigenvalue weighted by Gasteiger charge is -2.35. The van der Waals surface area contributed by atoms with Gasteiger partial charge in [0.25, 0.3) is 5.91 Å². The van der Waals surface area contributed by atoms with Crippen molar-refractivity contribution >= 4 is 5.91 Å². The molecule has 168 valence electrons. The number of fused-ring (bicyclic) bond motifs is 1. The summed E-state index contributed by atoms with van der Waals surface area (Å²) in [5, 5.41) is 3.05. The first-order valence-corrected chi connectivity index (χ1v) is 11.0. The molecule has 1 aliphatic carbocycles. The van der Waals surface area contributed by atoms with Crippen LogP contribution in [0.3, 0.4) is 0 Å². The van der Waals surface area contributed by atoms with Gasteiger partial charge in [-0.2, -0.15) is 0 Å². The highest BCUT2D eigenvalue weighted by atomic mass is 16.5. The highest BCUT2D eigenvalue weighted by molar-refractivity contribution is 5.99. The zero-order valence-corrected chi connectivity index (χ0v) is 19.1. The molecule has 2 aromatic rings. The zero-order chi connectivity index (χ0) is 22.2. The maximum atomic E-state index is 12.9. The molecule has 0 bridgehead atoms. The van der Waals surface area contributed by atoms with Gasteiger partial charge in [0.1, 0.15) is 22.8 Å². The fraction of sp³-hybridized carbons (Fsp3) is 0.480. The minimum Gasteiger partial charge on any atom is -0.496 e. The number of methoxy groups -OCH3 is 3. The van der Waals surface area contributed by atoms with Crippen molar-refractivity contribution in [3.05, 3.63) is 53.1 Å². The molecule has 1 N–H and O–H groups in total. The fourth-order valence-corrected chi connectivity index (χ4v) is 4.50. The van der Waals surface area contributed by atoms with E-state index in [4.69, 9.17) is 14.2 Å². The summed E-state index contributed by atoms with van der Waals surface area (Å²) in [5.74, 6) is 1.85. The number of amides is 1. The molecule has 0 aliphatic heterocycles. The minimum absolute atomic E-state index is 0.176. The summed E-state index contributed by atoms with van der Waals surface area (Å²) in [6.45, 7) is 4.59. The van der Waals surface area contributed by atoms with E-state index in [0.29, 0.717) is 29.6 Å². The van der Waals surface area contributed by atoms with Crippen LogP contribution >= 0.6 is 0 Å². The first-order valence-electron chi connectivity index (χ1n) is 11.0. The number of nitrogens with one attached hydrogen (secondary N) is 1. The van der Waals surface area contributed by atoms with E-state index in [1.807, 2.05) is 12.1 Å². The Morgan fingerprint density at radius 2 is 1.65 bits per heavy atom. The molecule has 0 saturated carbocycles. The topological polar surface area (TPSA) is 60.0 Å². The lowest BCUT2D eigenvalue weighted by molar-refractivity contribution is 0.0935. The molecule has 1 unspecified atom stereocenters. The van der Waals surface area contributed by atoms with E-state index in [9.17, 15) is 4.79 Å². The van der Waals surface area contributed by atoms with Crippen molar-refractivity contribution in [3.8, 4) is 17.2 Å². The largest absolute Gasteiger partial charge is 0.496 e. The van der Waals surface area contributed by atoms with Gasteiger partial charge in [-0.1, -0.05) is 25.1 Å². The summed E-state index contributed by atoms with van der Waals surface area (Å²) in [5.41, 5.74) is 3.15. The number of ether oxygens (including phenoxy) is 3. The molecule has 0 saturated heterocycles. The van der Waals surface area contributed by atoms with E-state index in [1.54, 1.807) is 33.5 Å². The van der Waals surface area contributed by atoms with E-state index in [0.717, 1.165) is 44.5 Å². The zero-order valence-electron chi connectivity index (χ0n) is 19.1. The minimum atomic E-state index is -0.176. The predicted molar refractivity (Wildman–Crippen MR) is 123 cm³/mol. The molecule has 3 rings (SSSR count). The smallest absolute Gasteiger partial charge is 0.258 e. The predicted octanol–water partition coefficient (Wildman–Crippen LogP) is 3.71. The van der Waals surface area contributed by atoms with Gasteiger partial charge >= 0.3 is 0 Å². The van der Waals surface area contributed by atoms with Crippen LogP contribution in [0.5, 0.6) is 17.2 Å². The summed E-state index contributed by atoms with van der Waals surface area (Å²) < 4.78 is 16.3. The third kappa shape index (κ3) is 5.31. The van der Waals surface area contributed by atoms with Gasteiger partial charge in [0.15, 0.2) is 0 Å². The van der Waals surface area contributed by atoms with Crippen LogP contribution in [0.2, 0.25) is 0 Å². The van der Waals surface area contributed by atoms with Crippen molar-refractivity contribution < 1.29 is 19.0 Å². The molecule has 0 spiro atoms. The Kier molecular flexibility index (Phi) is 8.18. The van der Waals surface area contributed by atoms with Crippen molar-refractivity contribution in [2.75, 3.05) is 41.0 Å². The van der Waals surface area contributed by atoms with Crippen LogP contribution in [-0.2, 0) is 12.8 Å². The average molecular weight is 427 g/mol. The van der Waals surface area contributed by atoms with Crippen LogP contribution in [-0.4, -0.2) is 57.8 Å². The number of rotatable bonds is 10. The lowest BCUT2D eigenvalue weighted by Crippen LogP contribution is -2.44. The molecule has 0 fully saturated rings. The second kappa shape index (κ2) is 11.0. The molecular weight excluding hydrogens is 392 g/mol. The summed E-state index contributed by atoms with van der Waals surface area (Å²) >= 11 is 0. The molecule has 6 heteroatoms. The van der Waals surface area contributed by atoms with Gasteiger partial charge in [-0.3, -0.25) is 9.69 Å². The number of carbonyl (C=O) groups excluding carboxylic acids is 1. The van der Waals surface area contributed by atoms with Crippen LogP contribution in [0.4, 0.5) is 0 Å². The summed E-state index contributed by atoms with van der Waals surface area (Å²) in [4.78, 5) is 15.4. The molecule has 0 heterocycles. The van der Waals surface area contributed by atoms with Crippen molar-refractivity contribution in [1.82, 2.24) is 10.2 Å². The normalized spacial score (nSPS) is 15.3. The Hall–Kier alpha value is -2.73. The van der Waals surface area contributed by atoms with E-state index in [-0.39, 0.29) is 5.91 Å². The highest BCUT2D eigenvalue weighted by Crippen LogP contribution is 2.31. The van der Waals surface area contributed by atoms with Crippen LogP contribution in [0, 0.1) is 0 Å². The van der Waals surface area contributed by atoms with Gasteiger partial charge in [-0.05, 0) is 61.6 Å². The van der Waals surface area contributed by atoms with Gasteiger partial charge in [0, 0.05) is 19.1 Å².